The number of carbonyl (C=O) groups excluding carboxylic acids is 1. The lowest BCUT2D eigenvalue weighted by Gasteiger charge is -2.29. The molecule has 1 fully saturated rings. The van der Waals surface area contributed by atoms with Crippen LogP contribution in [0.2, 0.25) is 0 Å². The van der Waals surface area contributed by atoms with Crippen LogP contribution in [0.25, 0.3) is 0 Å². The molecular weight excluding hydrogens is 394 g/mol. The van der Waals surface area contributed by atoms with Gasteiger partial charge in [0.1, 0.15) is 5.82 Å². The van der Waals surface area contributed by atoms with Crippen molar-refractivity contribution < 1.29 is 17.9 Å². The van der Waals surface area contributed by atoms with Crippen LogP contribution in [0.1, 0.15) is 11.1 Å². The summed E-state index contributed by atoms with van der Waals surface area (Å²) in [7, 11) is -2.16. The highest BCUT2D eigenvalue weighted by molar-refractivity contribution is 7.89. The second-order valence-corrected chi connectivity index (χ2v) is 8.36. The van der Waals surface area contributed by atoms with Gasteiger partial charge in [-0.25, -0.2) is 22.9 Å². The number of pyridine rings is 1. The Morgan fingerprint density at radius 1 is 1.14 bits per heavy atom. The molecule has 2 aromatic rings. The molecule has 3 rings (SSSR count). The van der Waals surface area contributed by atoms with E-state index in [1.807, 2.05) is 12.1 Å². The van der Waals surface area contributed by atoms with Crippen molar-refractivity contribution in [3.05, 3.63) is 53.7 Å². The molecule has 0 spiro atoms. The van der Waals surface area contributed by atoms with Gasteiger partial charge in [0.05, 0.1) is 18.1 Å². The molecule has 1 saturated heterocycles. The normalized spacial score (nSPS) is 14.4. The van der Waals surface area contributed by atoms with Crippen LogP contribution in [0.4, 0.5) is 10.6 Å². The van der Waals surface area contributed by atoms with Crippen molar-refractivity contribution in [1.82, 2.24) is 20.3 Å². The highest BCUT2D eigenvalue weighted by Crippen LogP contribution is 2.18. The Labute approximate surface area is 170 Å². The van der Waals surface area contributed by atoms with E-state index in [1.165, 1.54) is 19.2 Å². The van der Waals surface area contributed by atoms with E-state index in [1.54, 1.807) is 18.3 Å². The number of anilines is 1. The summed E-state index contributed by atoms with van der Waals surface area (Å²) in [5.41, 5.74) is 1.61. The Hall–Kier alpha value is -2.69. The maximum atomic E-state index is 12.2. The van der Waals surface area contributed by atoms with Crippen molar-refractivity contribution in [2.75, 3.05) is 38.3 Å². The highest BCUT2D eigenvalue weighted by atomic mass is 32.2. The molecule has 0 radical (unpaired) electrons. The summed E-state index contributed by atoms with van der Waals surface area (Å²) in [6, 6.07) is 9.87. The van der Waals surface area contributed by atoms with Crippen LogP contribution in [0.3, 0.4) is 0 Å². The molecule has 2 heterocycles. The number of hydrogen-bond donors (Lipinski definition) is 3. The Balaban J connectivity index is 1.56. The molecule has 0 aliphatic carbocycles. The van der Waals surface area contributed by atoms with E-state index >= 15 is 0 Å². The first-order chi connectivity index (χ1) is 14.0. The third-order valence-electron chi connectivity index (χ3n) is 4.55. The number of sulfonamides is 1. The van der Waals surface area contributed by atoms with Crippen molar-refractivity contribution in [2.24, 2.45) is 0 Å². The molecule has 1 aromatic carbocycles. The minimum Gasteiger partial charge on any atom is -0.378 e. The molecule has 0 saturated carbocycles. The zero-order chi connectivity index (χ0) is 20.7. The molecule has 1 aromatic heterocycles. The highest BCUT2D eigenvalue weighted by Gasteiger charge is 2.16. The molecule has 0 bridgehead atoms. The molecule has 1 aliphatic heterocycles. The van der Waals surface area contributed by atoms with Crippen LogP contribution in [0, 0.1) is 0 Å². The summed E-state index contributed by atoms with van der Waals surface area (Å²) in [6.45, 7) is 3.39. The molecule has 2 amide bonds. The number of nitrogens with one attached hydrogen (secondary N) is 3. The lowest BCUT2D eigenvalue weighted by Crippen LogP contribution is -2.38. The monoisotopic (exact) mass is 419 g/mol. The standard InChI is InChI=1S/C19H25N5O4S/c1-20-29(26,27)17-6-2-4-15(12-17)13-22-19(25)23-14-16-5-3-7-21-18(16)24-8-10-28-11-9-24/h2-7,12,20H,8-11,13-14H2,1H3,(H2,22,23,25). The molecule has 9 nitrogen and oxygen atoms in total. The molecule has 3 N–H and O–H groups in total. The lowest BCUT2D eigenvalue weighted by atomic mass is 10.2. The summed E-state index contributed by atoms with van der Waals surface area (Å²) in [4.78, 5) is 19.0. The minimum absolute atomic E-state index is 0.158. The Kier molecular flexibility index (Phi) is 7.02. The second kappa shape index (κ2) is 9.68. The van der Waals surface area contributed by atoms with E-state index in [4.69, 9.17) is 4.74 Å². The van der Waals surface area contributed by atoms with Gasteiger partial charge in [-0.1, -0.05) is 18.2 Å². The number of morpholine rings is 1. The predicted molar refractivity (Wildman–Crippen MR) is 109 cm³/mol. The van der Waals surface area contributed by atoms with Gasteiger partial charge in [-0.05, 0) is 30.8 Å². The average molecular weight is 420 g/mol. The number of rotatable bonds is 7. The van der Waals surface area contributed by atoms with E-state index in [-0.39, 0.29) is 17.5 Å². The van der Waals surface area contributed by atoms with E-state index in [2.05, 4.69) is 25.2 Å². The van der Waals surface area contributed by atoms with Gasteiger partial charge in [-0.15, -0.1) is 0 Å². The van der Waals surface area contributed by atoms with Crippen LogP contribution in [0.5, 0.6) is 0 Å². The number of amides is 2. The fourth-order valence-electron chi connectivity index (χ4n) is 2.99. The number of ether oxygens (including phenoxy) is 1. The minimum atomic E-state index is -3.52. The summed E-state index contributed by atoms with van der Waals surface area (Å²) in [5.74, 6) is 0.848. The molecule has 1 aliphatic rings. The zero-order valence-electron chi connectivity index (χ0n) is 16.2. The first-order valence-corrected chi connectivity index (χ1v) is 10.8. The fourth-order valence-corrected chi connectivity index (χ4v) is 3.79. The number of hydrogen-bond acceptors (Lipinski definition) is 6. The molecule has 29 heavy (non-hydrogen) atoms. The summed E-state index contributed by atoms with van der Waals surface area (Å²) >= 11 is 0. The maximum Gasteiger partial charge on any atom is 0.315 e. The second-order valence-electron chi connectivity index (χ2n) is 6.48. The smallest absolute Gasteiger partial charge is 0.315 e. The molecule has 10 heteroatoms. The first kappa shape index (κ1) is 21.0. The van der Waals surface area contributed by atoms with E-state index in [0.717, 1.165) is 24.5 Å². The van der Waals surface area contributed by atoms with Crippen molar-refractivity contribution >= 4 is 21.9 Å². The van der Waals surface area contributed by atoms with E-state index in [9.17, 15) is 13.2 Å². The van der Waals surface area contributed by atoms with Crippen molar-refractivity contribution in [3.8, 4) is 0 Å². The molecule has 0 unspecified atom stereocenters. The molecular formula is C19H25N5O4S. The fraction of sp³-hybridized carbons (Fsp3) is 0.368. The largest absolute Gasteiger partial charge is 0.378 e. The lowest BCUT2D eigenvalue weighted by molar-refractivity contribution is 0.122. The van der Waals surface area contributed by atoms with Gasteiger partial charge in [0.15, 0.2) is 0 Å². The third-order valence-corrected chi connectivity index (χ3v) is 5.96. The first-order valence-electron chi connectivity index (χ1n) is 9.30. The number of nitrogens with zero attached hydrogens (tertiary/aromatic N) is 2. The van der Waals surface area contributed by atoms with Crippen molar-refractivity contribution in [2.45, 2.75) is 18.0 Å². The van der Waals surface area contributed by atoms with Gasteiger partial charge < -0.3 is 20.3 Å². The van der Waals surface area contributed by atoms with Crippen LogP contribution in [0.15, 0.2) is 47.5 Å². The van der Waals surface area contributed by atoms with Crippen molar-refractivity contribution in [3.63, 3.8) is 0 Å². The Bertz CT molecular complexity index is 945. The quantitative estimate of drug-likeness (QED) is 0.613. The number of urea groups is 1. The number of aromatic nitrogens is 1. The topological polar surface area (TPSA) is 113 Å². The van der Waals surface area contributed by atoms with Gasteiger partial charge in [0.25, 0.3) is 0 Å². The van der Waals surface area contributed by atoms with E-state index in [0.29, 0.717) is 25.3 Å². The molecule has 0 atom stereocenters. The zero-order valence-corrected chi connectivity index (χ0v) is 17.0. The van der Waals surface area contributed by atoms with Gasteiger partial charge in [-0.3, -0.25) is 0 Å². The van der Waals surface area contributed by atoms with Gasteiger partial charge >= 0.3 is 6.03 Å². The molecule has 156 valence electrons. The summed E-state index contributed by atoms with van der Waals surface area (Å²) < 4.78 is 31.4. The van der Waals surface area contributed by atoms with Gasteiger partial charge in [0.2, 0.25) is 10.0 Å². The maximum absolute atomic E-state index is 12.2. The summed E-state index contributed by atoms with van der Waals surface area (Å²) in [6.07, 6.45) is 1.74. The Morgan fingerprint density at radius 2 is 1.90 bits per heavy atom. The van der Waals surface area contributed by atoms with Crippen LogP contribution < -0.4 is 20.3 Å². The van der Waals surface area contributed by atoms with Crippen LogP contribution >= 0.6 is 0 Å². The van der Waals surface area contributed by atoms with Crippen molar-refractivity contribution in [1.29, 1.82) is 0 Å². The van der Waals surface area contributed by atoms with Crippen LogP contribution in [-0.4, -0.2) is 52.8 Å². The SMILES string of the molecule is CNS(=O)(=O)c1cccc(CNC(=O)NCc2cccnc2N2CCOCC2)c1. The van der Waals surface area contributed by atoms with Gasteiger partial charge in [-0.2, -0.15) is 0 Å². The van der Waals surface area contributed by atoms with E-state index < -0.39 is 10.0 Å². The van der Waals surface area contributed by atoms with Crippen LogP contribution in [-0.2, 0) is 27.8 Å². The summed E-state index contributed by atoms with van der Waals surface area (Å²) in [5, 5.41) is 5.57. The Morgan fingerprint density at radius 3 is 2.66 bits per heavy atom. The average Bonchev–Trinajstić information content (AvgIpc) is 2.77. The number of carbonyl (C=O) groups is 1. The third kappa shape index (κ3) is 5.66. The van der Waals surface area contributed by atoms with Gasteiger partial charge in [0, 0.05) is 37.9 Å². The predicted octanol–water partition coefficient (Wildman–Crippen LogP) is 0.826. The number of benzene rings is 1.